The van der Waals surface area contributed by atoms with Crippen LogP contribution in [-0.2, 0) is 6.54 Å². The molecule has 1 N–H and O–H groups in total. The summed E-state index contributed by atoms with van der Waals surface area (Å²) in [6, 6.07) is 6.34. The average molecular weight is 262 g/mol. The van der Waals surface area contributed by atoms with Gasteiger partial charge >= 0.3 is 5.97 Å². The van der Waals surface area contributed by atoms with Crippen molar-refractivity contribution in [3.8, 4) is 11.5 Å². The van der Waals surface area contributed by atoms with Crippen LogP contribution in [0, 0.1) is 0 Å². The highest BCUT2D eigenvalue weighted by Gasteiger charge is 2.09. The van der Waals surface area contributed by atoms with Crippen molar-refractivity contribution in [2.75, 3.05) is 13.7 Å². The molecule has 19 heavy (non-hydrogen) atoms. The molecule has 2 rings (SSSR count). The predicted molar refractivity (Wildman–Crippen MR) is 67.7 cm³/mol. The van der Waals surface area contributed by atoms with E-state index in [1.54, 1.807) is 16.9 Å². The fraction of sp³-hybridized carbons (Fsp3) is 0.231. The van der Waals surface area contributed by atoms with Crippen LogP contribution in [0.3, 0.4) is 0 Å². The van der Waals surface area contributed by atoms with E-state index in [2.05, 4.69) is 5.10 Å². The van der Waals surface area contributed by atoms with Crippen LogP contribution in [0.25, 0.3) is 0 Å². The number of carboxylic acid groups (broad SMARTS) is 1. The molecule has 1 heterocycles. The number of carbonyl (C=O) groups is 1. The Kier molecular flexibility index (Phi) is 4.02. The van der Waals surface area contributed by atoms with E-state index in [9.17, 15) is 4.79 Å². The molecule has 6 nitrogen and oxygen atoms in total. The van der Waals surface area contributed by atoms with Crippen molar-refractivity contribution in [1.82, 2.24) is 9.78 Å². The van der Waals surface area contributed by atoms with Crippen LogP contribution < -0.4 is 9.47 Å². The first-order valence-corrected chi connectivity index (χ1v) is 5.72. The van der Waals surface area contributed by atoms with Gasteiger partial charge in [0.15, 0.2) is 11.5 Å². The zero-order valence-electron chi connectivity index (χ0n) is 10.4. The van der Waals surface area contributed by atoms with E-state index in [1.165, 1.54) is 19.2 Å². The summed E-state index contributed by atoms with van der Waals surface area (Å²) in [7, 11) is 1.47. The fourth-order valence-corrected chi connectivity index (χ4v) is 1.60. The number of hydrogen-bond donors (Lipinski definition) is 1. The lowest BCUT2D eigenvalue weighted by atomic mass is 10.2. The Morgan fingerprint density at radius 2 is 2.26 bits per heavy atom. The molecule has 0 atom stereocenters. The van der Waals surface area contributed by atoms with Crippen LogP contribution in [-0.4, -0.2) is 34.6 Å². The van der Waals surface area contributed by atoms with Gasteiger partial charge < -0.3 is 14.6 Å². The van der Waals surface area contributed by atoms with Gasteiger partial charge in [-0.3, -0.25) is 4.68 Å². The Morgan fingerprint density at radius 1 is 1.42 bits per heavy atom. The van der Waals surface area contributed by atoms with Gasteiger partial charge in [-0.1, -0.05) is 0 Å². The second-order valence-corrected chi connectivity index (χ2v) is 3.79. The molecule has 0 aliphatic carbocycles. The number of ether oxygens (including phenoxy) is 2. The molecule has 0 aliphatic heterocycles. The van der Waals surface area contributed by atoms with Crippen molar-refractivity contribution in [3.05, 3.63) is 42.2 Å². The van der Waals surface area contributed by atoms with Crippen LogP contribution in [0.5, 0.6) is 11.5 Å². The predicted octanol–water partition coefficient (Wildman–Crippen LogP) is 1.67. The van der Waals surface area contributed by atoms with Crippen molar-refractivity contribution in [2.24, 2.45) is 0 Å². The summed E-state index contributed by atoms with van der Waals surface area (Å²) >= 11 is 0. The molecule has 1 aromatic carbocycles. The second-order valence-electron chi connectivity index (χ2n) is 3.79. The van der Waals surface area contributed by atoms with Gasteiger partial charge in [0.05, 0.1) is 19.2 Å². The number of nitrogens with zero attached hydrogens (tertiary/aromatic N) is 2. The third-order valence-corrected chi connectivity index (χ3v) is 2.55. The van der Waals surface area contributed by atoms with Gasteiger partial charge in [-0.2, -0.15) is 5.10 Å². The van der Waals surface area contributed by atoms with Gasteiger partial charge in [0.1, 0.15) is 6.61 Å². The Hall–Kier alpha value is -2.50. The number of aromatic carboxylic acids is 1. The molecule has 1 aromatic heterocycles. The third kappa shape index (κ3) is 3.25. The molecule has 0 aliphatic rings. The van der Waals surface area contributed by atoms with E-state index in [0.717, 1.165) is 0 Å². The molecule has 2 aromatic rings. The molecule has 0 unspecified atom stereocenters. The van der Waals surface area contributed by atoms with Crippen molar-refractivity contribution in [2.45, 2.75) is 6.54 Å². The Bertz CT molecular complexity index is 552. The number of rotatable bonds is 6. The quantitative estimate of drug-likeness (QED) is 0.857. The third-order valence-electron chi connectivity index (χ3n) is 2.55. The summed E-state index contributed by atoms with van der Waals surface area (Å²) in [4.78, 5) is 10.8. The van der Waals surface area contributed by atoms with Crippen molar-refractivity contribution >= 4 is 5.97 Å². The fourth-order valence-electron chi connectivity index (χ4n) is 1.60. The normalized spacial score (nSPS) is 10.2. The van der Waals surface area contributed by atoms with Gasteiger partial charge in [0.25, 0.3) is 0 Å². The molecule has 100 valence electrons. The van der Waals surface area contributed by atoms with Gasteiger partial charge in [-0.25, -0.2) is 4.79 Å². The Morgan fingerprint density at radius 3 is 2.89 bits per heavy atom. The monoisotopic (exact) mass is 262 g/mol. The van der Waals surface area contributed by atoms with E-state index in [-0.39, 0.29) is 5.56 Å². The number of benzene rings is 1. The van der Waals surface area contributed by atoms with Gasteiger partial charge in [-0.15, -0.1) is 0 Å². The summed E-state index contributed by atoms with van der Waals surface area (Å²) in [6.45, 7) is 1.03. The van der Waals surface area contributed by atoms with E-state index < -0.39 is 5.97 Å². The minimum absolute atomic E-state index is 0.163. The van der Waals surface area contributed by atoms with Crippen LogP contribution >= 0.6 is 0 Å². The standard InChI is InChI=1S/C13H14N2O4/c1-18-12-9-10(13(16)17)3-4-11(12)19-8-7-15-6-2-5-14-15/h2-6,9H,7-8H2,1H3,(H,16,17). The highest BCUT2D eigenvalue weighted by atomic mass is 16.5. The lowest BCUT2D eigenvalue weighted by Gasteiger charge is -2.11. The van der Waals surface area contributed by atoms with Crippen molar-refractivity contribution < 1.29 is 19.4 Å². The smallest absolute Gasteiger partial charge is 0.335 e. The first-order chi connectivity index (χ1) is 9.20. The minimum Gasteiger partial charge on any atom is -0.493 e. The van der Waals surface area contributed by atoms with Gasteiger partial charge in [-0.05, 0) is 24.3 Å². The number of aromatic nitrogens is 2. The molecule has 0 saturated heterocycles. The highest BCUT2D eigenvalue weighted by Crippen LogP contribution is 2.28. The maximum absolute atomic E-state index is 10.8. The minimum atomic E-state index is -0.999. The maximum atomic E-state index is 10.8. The van der Waals surface area contributed by atoms with Crippen molar-refractivity contribution in [1.29, 1.82) is 0 Å². The second kappa shape index (κ2) is 5.90. The molecular formula is C13H14N2O4. The van der Waals surface area contributed by atoms with Crippen LogP contribution in [0.4, 0.5) is 0 Å². The SMILES string of the molecule is COc1cc(C(=O)O)ccc1OCCn1cccn1. The van der Waals surface area contributed by atoms with E-state index in [4.69, 9.17) is 14.6 Å². The lowest BCUT2D eigenvalue weighted by Crippen LogP contribution is -2.09. The largest absolute Gasteiger partial charge is 0.493 e. The first-order valence-electron chi connectivity index (χ1n) is 5.72. The molecule has 6 heteroatoms. The summed E-state index contributed by atoms with van der Waals surface area (Å²) in [5, 5.41) is 12.9. The first kappa shape index (κ1) is 12.9. The van der Waals surface area contributed by atoms with Gasteiger partial charge in [0.2, 0.25) is 0 Å². The van der Waals surface area contributed by atoms with Crippen molar-refractivity contribution in [3.63, 3.8) is 0 Å². The molecule has 0 saturated carbocycles. The Balaban J connectivity index is 2.01. The summed E-state index contributed by atoms with van der Waals surface area (Å²) in [6.07, 6.45) is 3.54. The molecule has 0 radical (unpaired) electrons. The average Bonchev–Trinajstić information content (AvgIpc) is 2.92. The zero-order chi connectivity index (χ0) is 13.7. The van der Waals surface area contributed by atoms with Crippen LogP contribution in [0.1, 0.15) is 10.4 Å². The maximum Gasteiger partial charge on any atom is 0.335 e. The lowest BCUT2D eigenvalue weighted by molar-refractivity contribution is 0.0696. The topological polar surface area (TPSA) is 73.6 Å². The number of methoxy groups -OCH3 is 1. The molecule has 0 fully saturated rings. The van der Waals surface area contributed by atoms with Crippen LogP contribution in [0.15, 0.2) is 36.7 Å². The summed E-state index contributed by atoms with van der Waals surface area (Å²) in [5.41, 5.74) is 0.163. The van der Waals surface area contributed by atoms with E-state index in [0.29, 0.717) is 24.7 Å². The zero-order valence-corrected chi connectivity index (χ0v) is 10.4. The molecular weight excluding hydrogens is 248 g/mol. The molecule has 0 spiro atoms. The molecule has 0 amide bonds. The summed E-state index contributed by atoms with van der Waals surface area (Å²) < 4.78 is 12.4. The summed E-state index contributed by atoms with van der Waals surface area (Å²) in [5.74, 6) is -0.0820. The van der Waals surface area contributed by atoms with Crippen LogP contribution in [0.2, 0.25) is 0 Å². The van der Waals surface area contributed by atoms with E-state index >= 15 is 0 Å². The van der Waals surface area contributed by atoms with Gasteiger partial charge in [0, 0.05) is 12.4 Å². The Labute approximate surface area is 110 Å². The number of hydrogen-bond acceptors (Lipinski definition) is 4. The highest BCUT2D eigenvalue weighted by molar-refractivity contribution is 5.88. The molecule has 0 bridgehead atoms. The number of carboxylic acids is 1. The van der Waals surface area contributed by atoms with E-state index in [1.807, 2.05) is 12.3 Å².